The topological polar surface area (TPSA) is 60.2 Å². The van der Waals surface area contributed by atoms with Crippen molar-refractivity contribution in [1.29, 1.82) is 0 Å². The maximum absolute atomic E-state index is 6.13. The molecular formula is C15H18ClN3O2. The predicted molar refractivity (Wildman–Crippen MR) is 79.2 cm³/mol. The number of benzene rings is 1. The third kappa shape index (κ3) is 4.03. The fourth-order valence-corrected chi connectivity index (χ4v) is 2.59. The summed E-state index contributed by atoms with van der Waals surface area (Å²) in [4.78, 5) is 4.35. The van der Waals surface area contributed by atoms with Gasteiger partial charge >= 0.3 is 0 Å². The molecule has 1 N–H and O–H groups in total. The Morgan fingerprint density at radius 1 is 1.29 bits per heavy atom. The van der Waals surface area contributed by atoms with Gasteiger partial charge in [-0.3, -0.25) is 0 Å². The van der Waals surface area contributed by atoms with Crippen LogP contribution in [-0.4, -0.2) is 29.3 Å². The number of rotatable bonds is 5. The van der Waals surface area contributed by atoms with Crippen molar-refractivity contribution in [1.82, 2.24) is 15.5 Å². The Labute approximate surface area is 128 Å². The molecule has 0 unspecified atom stereocenters. The highest BCUT2D eigenvalue weighted by atomic mass is 35.5. The van der Waals surface area contributed by atoms with Crippen molar-refractivity contribution >= 4 is 11.6 Å². The summed E-state index contributed by atoms with van der Waals surface area (Å²) in [6.07, 6.45) is 2.91. The second-order valence-electron chi connectivity index (χ2n) is 5.13. The largest absolute Gasteiger partial charge is 0.368 e. The lowest BCUT2D eigenvalue weighted by molar-refractivity contribution is 0.00859. The van der Waals surface area contributed by atoms with Crippen LogP contribution in [0, 0.1) is 0 Å². The SMILES string of the molecule is Clc1ccccc1Cc1noc(COC2CCNCC2)n1. The van der Waals surface area contributed by atoms with E-state index in [0.717, 1.165) is 36.5 Å². The molecule has 3 rings (SSSR count). The van der Waals surface area contributed by atoms with Crippen molar-refractivity contribution in [2.24, 2.45) is 0 Å². The van der Waals surface area contributed by atoms with Crippen LogP contribution in [0.3, 0.4) is 0 Å². The molecule has 5 nitrogen and oxygen atoms in total. The quantitative estimate of drug-likeness (QED) is 0.920. The van der Waals surface area contributed by atoms with E-state index in [1.165, 1.54) is 0 Å². The molecule has 112 valence electrons. The van der Waals surface area contributed by atoms with E-state index in [2.05, 4.69) is 15.5 Å². The Bertz CT molecular complexity index is 582. The van der Waals surface area contributed by atoms with Gasteiger partial charge in [-0.25, -0.2) is 0 Å². The summed E-state index contributed by atoms with van der Waals surface area (Å²) < 4.78 is 11.0. The van der Waals surface area contributed by atoms with Gasteiger partial charge in [-0.05, 0) is 37.6 Å². The van der Waals surface area contributed by atoms with Gasteiger partial charge < -0.3 is 14.6 Å². The summed E-state index contributed by atoms with van der Waals surface area (Å²) in [7, 11) is 0. The number of nitrogens with zero attached hydrogens (tertiary/aromatic N) is 2. The Morgan fingerprint density at radius 2 is 2.10 bits per heavy atom. The van der Waals surface area contributed by atoms with Crippen molar-refractivity contribution < 1.29 is 9.26 Å². The number of hydrogen-bond donors (Lipinski definition) is 1. The fourth-order valence-electron chi connectivity index (χ4n) is 2.38. The highest BCUT2D eigenvalue weighted by Gasteiger charge is 2.15. The fraction of sp³-hybridized carbons (Fsp3) is 0.467. The summed E-state index contributed by atoms with van der Waals surface area (Å²) >= 11 is 6.13. The Hall–Kier alpha value is -1.43. The smallest absolute Gasteiger partial charge is 0.252 e. The molecule has 21 heavy (non-hydrogen) atoms. The molecule has 2 aromatic rings. The average molecular weight is 308 g/mol. The van der Waals surface area contributed by atoms with Crippen LogP contribution >= 0.6 is 11.6 Å². The molecule has 1 aliphatic rings. The molecule has 0 aliphatic carbocycles. The molecule has 0 saturated carbocycles. The van der Waals surface area contributed by atoms with Crippen molar-refractivity contribution in [2.75, 3.05) is 13.1 Å². The molecule has 0 spiro atoms. The number of nitrogens with one attached hydrogen (secondary N) is 1. The Kier molecular flexibility index (Phi) is 4.85. The zero-order chi connectivity index (χ0) is 14.5. The first kappa shape index (κ1) is 14.5. The summed E-state index contributed by atoms with van der Waals surface area (Å²) in [6, 6.07) is 7.67. The molecular weight excluding hydrogens is 290 g/mol. The number of piperidine rings is 1. The van der Waals surface area contributed by atoms with Crippen LogP contribution in [0.2, 0.25) is 5.02 Å². The van der Waals surface area contributed by atoms with E-state index in [-0.39, 0.29) is 6.10 Å². The molecule has 1 fully saturated rings. The van der Waals surface area contributed by atoms with Crippen LogP contribution in [0.5, 0.6) is 0 Å². The van der Waals surface area contributed by atoms with Crippen molar-refractivity contribution in [3.05, 3.63) is 46.6 Å². The van der Waals surface area contributed by atoms with E-state index in [1.54, 1.807) is 0 Å². The first-order chi connectivity index (χ1) is 10.3. The maximum Gasteiger partial charge on any atom is 0.252 e. The monoisotopic (exact) mass is 307 g/mol. The van der Waals surface area contributed by atoms with Crippen LogP contribution in [0.4, 0.5) is 0 Å². The molecule has 0 bridgehead atoms. The standard InChI is InChI=1S/C15H18ClN3O2/c16-13-4-2-1-3-11(13)9-14-18-15(21-19-14)10-20-12-5-7-17-8-6-12/h1-4,12,17H,5-10H2. The normalized spacial score (nSPS) is 16.2. The lowest BCUT2D eigenvalue weighted by Crippen LogP contribution is -2.32. The highest BCUT2D eigenvalue weighted by molar-refractivity contribution is 6.31. The first-order valence-corrected chi connectivity index (χ1v) is 7.56. The molecule has 6 heteroatoms. The number of halogens is 1. The van der Waals surface area contributed by atoms with Crippen LogP contribution in [0.25, 0.3) is 0 Å². The zero-order valence-electron chi connectivity index (χ0n) is 11.7. The van der Waals surface area contributed by atoms with Gasteiger partial charge in [0.15, 0.2) is 5.82 Å². The zero-order valence-corrected chi connectivity index (χ0v) is 12.5. The van der Waals surface area contributed by atoms with Crippen LogP contribution in [0.1, 0.15) is 30.1 Å². The van der Waals surface area contributed by atoms with Crippen molar-refractivity contribution in [3.8, 4) is 0 Å². The molecule has 0 radical (unpaired) electrons. The van der Waals surface area contributed by atoms with E-state index in [4.69, 9.17) is 20.9 Å². The van der Waals surface area contributed by atoms with Gasteiger partial charge in [0.1, 0.15) is 6.61 Å². The van der Waals surface area contributed by atoms with Crippen molar-refractivity contribution in [2.45, 2.75) is 32.0 Å². The lowest BCUT2D eigenvalue weighted by atomic mass is 10.1. The van der Waals surface area contributed by atoms with Crippen LogP contribution in [0.15, 0.2) is 28.8 Å². The van der Waals surface area contributed by atoms with E-state index >= 15 is 0 Å². The molecule has 1 aromatic carbocycles. The van der Waals surface area contributed by atoms with E-state index in [9.17, 15) is 0 Å². The van der Waals surface area contributed by atoms with E-state index in [1.807, 2.05) is 24.3 Å². The minimum Gasteiger partial charge on any atom is -0.368 e. The molecule has 0 amide bonds. The van der Waals surface area contributed by atoms with Gasteiger partial charge in [0.25, 0.3) is 5.89 Å². The number of hydrogen-bond acceptors (Lipinski definition) is 5. The van der Waals surface area contributed by atoms with E-state index < -0.39 is 0 Å². The van der Waals surface area contributed by atoms with Crippen molar-refractivity contribution in [3.63, 3.8) is 0 Å². The summed E-state index contributed by atoms with van der Waals surface area (Å²) in [5.41, 5.74) is 0.991. The number of ether oxygens (including phenoxy) is 1. The van der Waals surface area contributed by atoms with Gasteiger partial charge in [0.2, 0.25) is 0 Å². The summed E-state index contributed by atoms with van der Waals surface area (Å²) in [6.45, 7) is 2.39. The minimum absolute atomic E-state index is 0.283. The third-order valence-electron chi connectivity index (χ3n) is 3.55. The van der Waals surface area contributed by atoms with Crippen LogP contribution in [-0.2, 0) is 17.8 Å². The minimum atomic E-state index is 0.283. The summed E-state index contributed by atoms with van der Waals surface area (Å²) in [5.74, 6) is 1.16. The highest BCUT2D eigenvalue weighted by Crippen LogP contribution is 2.18. The maximum atomic E-state index is 6.13. The van der Waals surface area contributed by atoms with Gasteiger partial charge in [-0.1, -0.05) is 35.0 Å². The predicted octanol–water partition coefficient (Wildman–Crippen LogP) is 2.58. The second-order valence-corrected chi connectivity index (χ2v) is 5.54. The van der Waals surface area contributed by atoms with Gasteiger partial charge in [-0.15, -0.1) is 0 Å². The third-order valence-corrected chi connectivity index (χ3v) is 3.91. The lowest BCUT2D eigenvalue weighted by Gasteiger charge is -2.21. The molecule has 0 atom stereocenters. The number of aromatic nitrogens is 2. The van der Waals surface area contributed by atoms with Gasteiger partial charge in [0.05, 0.1) is 6.10 Å². The molecule has 1 aromatic heterocycles. The Balaban J connectivity index is 1.55. The second kappa shape index (κ2) is 7.02. The average Bonchev–Trinajstić information content (AvgIpc) is 2.96. The molecule has 1 saturated heterocycles. The van der Waals surface area contributed by atoms with Gasteiger partial charge in [0, 0.05) is 11.4 Å². The summed E-state index contributed by atoms with van der Waals surface area (Å²) in [5, 5.41) is 8.00. The first-order valence-electron chi connectivity index (χ1n) is 7.18. The Morgan fingerprint density at radius 3 is 2.90 bits per heavy atom. The molecule has 1 aliphatic heterocycles. The van der Waals surface area contributed by atoms with Gasteiger partial charge in [-0.2, -0.15) is 4.98 Å². The molecule has 2 heterocycles. The van der Waals surface area contributed by atoms with E-state index in [0.29, 0.717) is 24.7 Å². The van der Waals surface area contributed by atoms with Crippen LogP contribution < -0.4 is 5.32 Å².